The van der Waals surface area contributed by atoms with Gasteiger partial charge < -0.3 is 14.9 Å². The molecule has 0 aromatic heterocycles. The molecule has 1 fully saturated rings. The first kappa shape index (κ1) is 25.7. The maximum Gasteiger partial charge on any atom is 0.410 e. The fourth-order valence-electron chi connectivity index (χ4n) is 4.49. The van der Waals surface area contributed by atoms with Crippen LogP contribution in [0.1, 0.15) is 96.0 Å². The van der Waals surface area contributed by atoms with E-state index in [-0.39, 0.29) is 6.04 Å². The zero-order valence-corrected chi connectivity index (χ0v) is 19.4. The Kier molecular flexibility index (Phi) is 12.6. The van der Waals surface area contributed by atoms with Gasteiger partial charge in [0, 0.05) is 6.54 Å². The van der Waals surface area contributed by atoms with E-state index < -0.39 is 24.9 Å². The van der Waals surface area contributed by atoms with Crippen molar-refractivity contribution < 1.29 is 19.7 Å². The lowest BCUT2D eigenvalue weighted by molar-refractivity contribution is -0.0156. The van der Waals surface area contributed by atoms with Crippen molar-refractivity contribution in [3.05, 3.63) is 35.9 Å². The molecule has 5 heteroatoms. The number of unbranched alkanes of at least 4 members (excludes halogenated alkanes) is 11. The molecule has 3 atom stereocenters. The maximum absolute atomic E-state index is 12.4. The standard InChI is InChI=1S/C26H43NO4/c1-2-3-4-5-6-7-8-9-10-11-12-16-19-23-25(24(29)21-28)31-26(30)27(23)20-22-17-14-13-15-18-22/h13-15,17-18,23-25,28-29H,2-12,16,19-21H2,1H3/t23-,24+,25?/m0/s1. The fourth-order valence-corrected chi connectivity index (χ4v) is 4.49. The van der Waals surface area contributed by atoms with E-state index in [1.807, 2.05) is 30.3 Å². The summed E-state index contributed by atoms with van der Waals surface area (Å²) in [6, 6.07) is 9.65. The first-order chi connectivity index (χ1) is 15.2. The predicted octanol–water partition coefficient (Wildman–Crippen LogP) is 5.82. The number of aliphatic hydroxyl groups excluding tert-OH is 2. The Labute approximate surface area is 188 Å². The van der Waals surface area contributed by atoms with E-state index in [2.05, 4.69) is 6.92 Å². The number of hydrogen-bond acceptors (Lipinski definition) is 4. The highest BCUT2D eigenvalue weighted by atomic mass is 16.6. The van der Waals surface area contributed by atoms with Crippen LogP contribution in [-0.4, -0.2) is 46.1 Å². The van der Waals surface area contributed by atoms with Gasteiger partial charge in [0.15, 0.2) is 6.10 Å². The molecule has 1 heterocycles. The summed E-state index contributed by atoms with van der Waals surface area (Å²) >= 11 is 0. The van der Waals surface area contributed by atoms with Crippen LogP contribution < -0.4 is 0 Å². The third-order valence-corrected chi connectivity index (χ3v) is 6.37. The van der Waals surface area contributed by atoms with Gasteiger partial charge in [0.25, 0.3) is 0 Å². The second-order valence-electron chi connectivity index (χ2n) is 8.96. The molecular formula is C26H43NO4. The first-order valence-electron chi connectivity index (χ1n) is 12.5. The summed E-state index contributed by atoms with van der Waals surface area (Å²) in [4.78, 5) is 14.2. The quantitative estimate of drug-likeness (QED) is 0.304. The number of amides is 1. The summed E-state index contributed by atoms with van der Waals surface area (Å²) in [7, 11) is 0. The van der Waals surface area contributed by atoms with Crippen LogP contribution >= 0.6 is 0 Å². The molecule has 1 unspecified atom stereocenters. The Morgan fingerprint density at radius 3 is 2.00 bits per heavy atom. The minimum atomic E-state index is -1.04. The van der Waals surface area contributed by atoms with E-state index in [1.54, 1.807) is 4.90 Å². The average molecular weight is 434 g/mol. The molecule has 0 bridgehead atoms. The van der Waals surface area contributed by atoms with Crippen molar-refractivity contribution in [2.45, 2.75) is 115 Å². The summed E-state index contributed by atoms with van der Waals surface area (Å²) in [5.41, 5.74) is 1.04. The molecule has 2 N–H and O–H groups in total. The summed E-state index contributed by atoms with van der Waals surface area (Å²) in [6.45, 7) is 2.33. The number of carbonyl (C=O) groups excluding carboxylic acids is 1. The maximum atomic E-state index is 12.4. The molecular weight excluding hydrogens is 390 g/mol. The SMILES string of the molecule is CCCCCCCCCCCCCC[C@H]1C([C@H](O)CO)OC(=O)N1Cc1ccccc1. The number of nitrogens with zero attached hydrogens (tertiary/aromatic N) is 1. The van der Waals surface area contributed by atoms with Crippen molar-refractivity contribution in [3.63, 3.8) is 0 Å². The van der Waals surface area contributed by atoms with Crippen molar-refractivity contribution in [1.82, 2.24) is 4.90 Å². The summed E-state index contributed by atoms with van der Waals surface area (Å²) in [5, 5.41) is 19.6. The smallest absolute Gasteiger partial charge is 0.410 e. The van der Waals surface area contributed by atoms with Gasteiger partial charge in [-0.3, -0.25) is 4.90 Å². The minimum absolute atomic E-state index is 0.196. The van der Waals surface area contributed by atoms with Crippen LogP contribution in [-0.2, 0) is 11.3 Å². The Bertz CT molecular complexity index is 594. The van der Waals surface area contributed by atoms with Crippen LogP contribution in [0.4, 0.5) is 4.79 Å². The van der Waals surface area contributed by atoms with Gasteiger partial charge in [-0.25, -0.2) is 4.79 Å². The number of rotatable bonds is 17. The second-order valence-corrected chi connectivity index (χ2v) is 8.96. The Balaban J connectivity index is 1.69. The molecule has 5 nitrogen and oxygen atoms in total. The van der Waals surface area contributed by atoms with E-state index in [4.69, 9.17) is 4.74 Å². The van der Waals surface area contributed by atoms with Gasteiger partial charge in [-0.15, -0.1) is 0 Å². The van der Waals surface area contributed by atoms with Crippen LogP contribution in [0.3, 0.4) is 0 Å². The van der Waals surface area contributed by atoms with Crippen molar-refractivity contribution in [3.8, 4) is 0 Å². The minimum Gasteiger partial charge on any atom is -0.441 e. The molecule has 1 aliphatic heterocycles. The molecule has 1 aromatic rings. The molecule has 0 radical (unpaired) electrons. The molecule has 0 aliphatic carbocycles. The van der Waals surface area contributed by atoms with E-state index >= 15 is 0 Å². The normalized spacial score (nSPS) is 19.6. The number of carbonyl (C=O) groups is 1. The molecule has 176 valence electrons. The van der Waals surface area contributed by atoms with E-state index in [0.29, 0.717) is 6.54 Å². The second kappa shape index (κ2) is 15.3. The lowest BCUT2D eigenvalue weighted by atomic mass is 9.97. The number of ether oxygens (including phenoxy) is 1. The van der Waals surface area contributed by atoms with Crippen molar-refractivity contribution in [2.24, 2.45) is 0 Å². The van der Waals surface area contributed by atoms with E-state index in [9.17, 15) is 15.0 Å². The first-order valence-corrected chi connectivity index (χ1v) is 12.5. The highest BCUT2D eigenvalue weighted by molar-refractivity contribution is 5.71. The zero-order valence-electron chi connectivity index (χ0n) is 19.4. The molecule has 1 amide bonds. The van der Waals surface area contributed by atoms with Crippen LogP contribution in [0.5, 0.6) is 0 Å². The van der Waals surface area contributed by atoms with Gasteiger partial charge in [0.2, 0.25) is 0 Å². The van der Waals surface area contributed by atoms with Gasteiger partial charge >= 0.3 is 6.09 Å². The van der Waals surface area contributed by atoms with Gasteiger partial charge in [-0.2, -0.15) is 0 Å². The topological polar surface area (TPSA) is 70.0 Å². The van der Waals surface area contributed by atoms with Gasteiger partial charge in [-0.05, 0) is 12.0 Å². The average Bonchev–Trinajstić information content (AvgIpc) is 3.10. The molecule has 1 aromatic carbocycles. The third-order valence-electron chi connectivity index (χ3n) is 6.37. The highest BCUT2D eigenvalue weighted by Crippen LogP contribution is 2.28. The van der Waals surface area contributed by atoms with Crippen molar-refractivity contribution >= 4 is 6.09 Å². The van der Waals surface area contributed by atoms with Crippen LogP contribution in [0.15, 0.2) is 30.3 Å². The van der Waals surface area contributed by atoms with Crippen molar-refractivity contribution in [1.29, 1.82) is 0 Å². The number of benzene rings is 1. The molecule has 31 heavy (non-hydrogen) atoms. The lowest BCUT2D eigenvalue weighted by Crippen LogP contribution is -2.42. The van der Waals surface area contributed by atoms with Crippen molar-refractivity contribution in [2.75, 3.05) is 6.61 Å². The fraction of sp³-hybridized carbons (Fsp3) is 0.731. The third kappa shape index (κ3) is 9.20. The molecule has 2 rings (SSSR count). The van der Waals surface area contributed by atoms with Gasteiger partial charge in [0.05, 0.1) is 12.6 Å². The largest absolute Gasteiger partial charge is 0.441 e. The Morgan fingerprint density at radius 1 is 0.903 bits per heavy atom. The van der Waals surface area contributed by atoms with Crippen LogP contribution in [0.2, 0.25) is 0 Å². The molecule has 0 spiro atoms. The molecule has 1 saturated heterocycles. The molecule has 1 aliphatic rings. The lowest BCUT2D eigenvalue weighted by Gasteiger charge is -2.26. The summed E-state index contributed by atoms with van der Waals surface area (Å²) in [5.74, 6) is 0. The summed E-state index contributed by atoms with van der Waals surface area (Å²) < 4.78 is 5.45. The molecule has 0 saturated carbocycles. The van der Waals surface area contributed by atoms with Crippen LogP contribution in [0.25, 0.3) is 0 Å². The Morgan fingerprint density at radius 2 is 1.45 bits per heavy atom. The monoisotopic (exact) mass is 433 g/mol. The van der Waals surface area contributed by atoms with E-state index in [1.165, 1.54) is 64.2 Å². The van der Waals surface area contributed by atoms with Crippen LogP contribution in [0, 0.1) is 0 Å². The zero-order chi connectivity index (χ0) is 22.3. The van der Waals surface area contributed by atoms with Gasteiger partial charge in [0.1, 0.15) is 6.10 Å². The number of hydrogen-bond donors (Lipinski definition) is 2. The highest BCUT2D eigenvalue weighted by Gasteiger charge is 2.44. The summed E-state index contributed by atoms with van der Waals surface area (Å²) in [6.07, 6.45) is 14.1. The number of aliphatic hydroxyl groups is 2. The van der Waals surface area contributed by atoms with Gasteiger partial charge in [-0.1, -0.05) is 114 Å². The Hall–Kier alpha value is -1.59. The number of cyclic esters (lactones) is 1. The van der Waals surface area contributed by atoms with E-state index in [0.717, 1.165) is 24.8 Å². The predicted molar refractivity (Wildman–Crippen MR) is 125 cm³/mol.